The standard InChI is InChI=1S/C13H16Cl2N2O5S/c1-8(13(19)20)17(6-5-16-9(2)18)23(21,22)12-4-3-10(14)7-11(12)15/h3-4,7-8H,5-6H2,1-2H3,(H,16,18)(H,19,20). The lowest BCUT2D eigenvalue weighted by Crippen LogP contribution is -2.46. The molecule has 1 aromatic rings. The molecule has 2 N–H and O–H groups in total. The summed E-state index contributed by atoms with van der Waals surface area (Å²) in [6.07, 6.45) is 0. The third kappa shape index (κ3) is 5.07. The fourth-order valence-corrected chi connectivity index (χ4v) is 4.14. The molecule has 0 aliphatic carbocycles. The minimum Gasteiger partial charge on any atom is -0.480 e. The van der Waals surface area contributed by atoms with Crippen LogP contribution in [0.2, 0.25) is 10.0 Å². The Morgan fingerprint density at radius 2 is 1.96 bits per heavy atom. The molecule has 1 unspecified atom stereocenters. The molecule has 0 aliphatic rings. The highest BCUT2D eigenvalue weighted by Gasteiger charge is 2.34. The van der Waals surface area contributed by atoms with Crippen molar-refractivity contribution in [1.82, 2.24) is 9.62 Å². The Labute approximate surface area is 144 Å². The van der Waals surface area contributed by atoms with E-state index in [1.807, 2.05) is 0 Å². The summed E-state index contributed by atoms with van der Waals surface area (Å²) >= 11 is 11.7. The molecule has 1 atom stereocenters. The van der Waals surface area contributed by atoms with Crippen LogP contribution in [0.25, 0.3) is 0 Å². The van der Waals surface area contributed by atoms with Crippen molar-refractivity contribution < 1.29 is 23.1 Å². The number of aliphatic carboxylic acids is 1. The van der Waals surface area contributed by atoms with Crippen LogP contribution in [0.4, 0.5) is 0 Å². The van der Waals surface area contributed by atoms with Gasteiger partial charge >= 0.3 is 5.97 Å². The van der Waals surface area contributed by atoms with Gasteiger partial charge < -0.3 is 10.4 Å². The molecule has 0 bridgehead atoms. The van der Waals surface area contributed by atoms with Crippen molar-refractivity contribution in [1.29, 1.82) is 0 Å². The number of amides is 1. The minimum absolute atomic E-state index is 0.0304. The number of rotatable bonds is 7. The van der Waals surface area contributed by atoms with E-state index in [-0.39, 0.29) is 33.9 Å². The van der Waals surface area contributed by atoms with Gasteiger partial charge in [-0.25, -0.2) is 8.42 Å². The van der Waals surface area contributed by atoms with Gasteiger partial charge in [-0.15, -0.1) is 0 Å². The summed E-state index contributed by atoms with van der Waals surface area (Å²) in [7, 11) is -4.18. The van der Waals surface area contributed by atoms with E-state index in [9.17, 15) is 18.0 Å². The Hall–Kier alpha value is -1.35. The quantitative estimate of drug-likeness (QED) is 0.744. The van der Waals surface area contributed by atoms with Gasteiger partial charge in [-0.3, -0.25) is 9.59 Å². The first-order valence-electron chi connectivity index (χ1n) is 6.51. The van der Waals surface area contributed by atoms with Crippen LogP contribution in [0.3, 0.4) is 0 Å². The van der Waals surface area contributed by atoms with Crippen LogP contribution in [-0.4, -0.2) is 48.8 Å². The van der Waals surface area contributed by atoms with Crippen LogP contribution in [-0.2, 0) is 19.6 Å². The lowest BCUT2D eigenvalue weighted by atomic mass is 10.3. The Balaban J connectivity index is 3.21. The normalized spacial score (nSPS) is 12.9. The molecule has 0 aliphatic heterocycles. The van der Waals surface area contributed by atoms with Gasteiger partial charge in [0, 0.05) is 25.0 Å². The fourth-order valence-electron chi connectivity index (χ4n) is 1.80. The van der Waals surface area contributed by atoms with E-state index in [1.165, 1.54) is 32.0 Å². The second-order valence-electron chi connectivity index (χ2n) is 4.69. The van der Waals surface area contributed by atoms with E-state index in [0.29, 0.717) is 0 Å². The lowest BCUT2D eigenvalue weighted by Gasteiger charge is -2.26. The first kappa shape index (κ1) is 19.7. The zero-order chi connectivity index (χ0) is 17.8. The third-order valence-corrected chi connectivity index (χ3v) is 5.66. The van der Waals surface area contributed by atoms with Gasteiger partial charge in [0.1, 0.15) is 10.9 Å². The highest BCUT2D eigenvalue weighted by molar-refractivity contribution is 7.89. The molecule has 0 saturated heterocycles. The van der Waals surface area contributed by atoms with Crippen LogP contribution >= 0.6 is 23.2 Å². The number of benzene rings is 1. The van der Waals surface area contributed by atoms with Gasteiger partial charge in [0.25, 0.3) is 0 Å². The number of hydrogen-bond acceptors (Lipinski definition) is 4. The van der Waals surface area contributed by atoms with Crippen molar-refractivity contribution in [3.8, 4) is 0 Å². The molecule has 7 nitrogen and oxygen atoms in total. The zero-order valence-corrected chi connectivity index (χ0v) is 14.7. The van der Waals surface area contributed by atoms with E-state index in [2.05, 4.69) is 5.32 Å². The van der Waals surface area contributed by atoms with Crippen LogP contribution in [0.15, 0.2) is 23.1 Å². The average molecular weight is 383 g/mol. The second kappa shape index (κ2) is 7.96. The molecule has 0 radical (unpaired) electrons. The van der Waals surface area contributed by atoms with Crippen molar-refractivity contribution in [2.45, 2.75) is 24.8 Å². The van der Waals surface area contributed by atoms with Gasteiger partial charge in [0.2, 0.25) is 15.9 Å². The predicted octanol–water partition coefficient (Wildman–Crippen LogP) is 1.59. The third-order valence-electron chi connectivity index (χ3n) is 2.98. The SMILES string of the molecule is CC(=O)NCCN(C(C)C(=O)O)S(=O)(=O)c1ccc(Cl)cc1Cl. The summed E-state index contributed by atoms with van der Waals surface area (Å²) in [4.78, 5) is 21.9. The number of carbonyl (C=O) groups is 2. The van der Waals surface area contributed by atoms with Gasteiger partial charge in [-0.05, 0) is 25.1 Å². The topological polar surface area (TPSA) is 104 Å². The largest absolute Gasteiger partial charge is 0.480 e. The number of carbonyl (C=O) groups excluding carboxylic acids is 1. The summed E-state index contributed by atoms with van der Waals surface area (Å²) in [5, 5.41) is 11.7. The van der Waals surface area contributed by atoms with Crippen LogP contribution in [0.5, 0.6) is 0 Å². The minimum atomic E-state index is -4.18. The highest BCUT2D eigenvalue weighted by Crippen LogP contribution is 2.28. The van der Waals surface area contributed by atoms with Crippen LogP contribution in [0.1, 0.15) is 13.8 Å². The maximum atomic E-state index is 12.7. The Morgan fingerprint density at radius 3 is 2.43 bits per heavy atom. The summed E-state index contributed by atoms with van der Waals surface area (Å²) in [5.41, 5.74) is 0. The average Bonchev–Trinajstić information content (AvgIpc) is 2.41. The van der Waals surface area contributed by atoms with Crippen molar-refractivity contribution in [2.75, 3.05) is 13.1 Å². The maximum Gasteiger partial charge on any atom is 0.321 e. The summed E-state index contributed by atoms with van der Waals surface area (Å²) in [6, 6.07) is 2.48. The number of halogens is 2. The molecule has 0 saturated carbocycles. The molecular formula is C13H16Cl2N2O5S. The van der Waals surface area contributed by atoms with Gasteiger partial charge in [-0.1, -0.05) is 23.2 Å². The first-order chi connectivity index (χ1) is 10.6. The van der Waals surface area contributed by atoms with Gasteiger partial charge in [0.15, 0.2) is 0 Å². The predicted molar refractivity (Wildman–Crippen MR) is 86.1 cm³/mol. The van der Waals surface area contributed by atoms with E-state index in [0.717, 1.165) is 4.31 Å². The highest BCUT2D eigenvalue weighted by atomic mass is 35.5. The Kier molecular flexibility index (Phi) is 6.82. The maximum absolute atomic E-state index is 12.7. The summed E-state index contributed by atoms with van der Waals surface area (Å²) in [5.74, 6) is -1.67. The number of nitrogens with zero attached hydrogens (tertiary/aromatic N) is 1. The molecule has 10 heteroatoms. The first-order valence-corrected chi connectivity index (χ1v) is 8.71. The molecule has 1 amide bonds. The van der Waals surface area contributed by atoms with Crippen LogP contribution in [0, 0.1) is 0 Å². The molecule has 23 heavy (non-hydrogen) atoms. The monoisotopic (exact) mass is 382 g/mol. The number of carboxylic acid groups (broad SMARTS) is 1. The number of hydrogen-bond donors (Lipinski definition) is 2. The lowest BCUT2D eigenvalue weighted by molar-refractivity contribution is -0.140. The Morgan fingerprint density at radius 1 is 1.35 bits per heavy atom. The molecule has 0 spiro atoms. The van der Waals surface area contributed by atoms with Gasteiger partial charge in [-0.2, -0.15) is 4.31 Å². The van der Waals surface area contributed by atoms with Crippen molar-refractivity contribution >= 4 is 45.1 Å². The molecule has 0 aromatic heterocycles. The molecule has 0 fully saturated rings. The smallest absolute Gasteiger partial charge is 0.321 e. The van der Waals surface area contributed by atoms with Crippen molar-refractivity contribution in [3.05, 3.63) is 28.2 Å². The van der Waals surface area contributed by atoms with Crippen molar-refractivity contribution in [2.24, 2.45) is 0 Å². The molecule has 0 heterocycles. The van der Waals surface area contributed by atoms with Crippen LogP contribution < -0.4 is 5.32 Å². The summed E-state index contributed by atoms with van der Waals surface area (Å²) in [6.45, 7) is 2.26. The van der Waals surface area contributed by atoms with Gasteiger partial charge in [0.05, 0.1) is 5.02 Å². The number of carboxylic acids is 1. The van der Waals surface area contributed by atoms with Crippen molar-refractivity contribution in [3.63, 3.8) is 0 Å². The Bertz CT molecular complexity index is 708. The molecule has 1 aromatic carbocycles. The number of nitrogens with one attached hydrogen (secondary N) is 1. The van der Waals surface area contributed by atoms with E-state index < -0.39 is 22.0 Å². The molecule has 128 valence electrons. The fraction of sp³-hybridized carbons (Fsp3) is 0.385. The van der Waals surface area contributed by atoms with E-state index in [1.54, 1.807) is 0 Å². The van der Waals surface area contributed by atoms with E-state index >= 15 is 0 Å². The number of sulfonamides is 1. The zero-order valence-electron chi connectivity index (χ0n) is 12.4. The molecule has 1 rings (SSSR count). The molecular weight excluding hydrogens is 367 g/mol. The van der Waals surface area contributed by atoms with E-state index in [4.69, 9.17) is 28.3 Å². The summed E-state index contributed by atoms with van der Waals surface area (Å²) < 4.78 is 26.2. The second-order valence-corrected chi connectivity index (χ2v) is 7.39.